The van der Waals surface area contributed by atoms with E-state index in [2.05, 4.69) is 64.1 Å². The monoisotopic (exact) mass is 200 g/mol. The summed E-state index contributed by atoms with van der Waals surface area (Å²) in [4.78, 5) is 0. The fraction of sp³-hybridized carbons (Fsp3) is 0.333. The topological polar surface area (TPSA) is 0 Å². The van der Waals surface area contributed by atoms with Gasteiger partial charge in [0.1, 0.15) is 0 Å². The molecular formula is C15H20. The second kappa shape index (κ2) is 5.55. The van der Waals surface area contributed by atoms with Gasteiger partial charge in [-0.25, -0.2) is 0 Å². The highest BCUT2D eigenvalue weighted by Crippen LogP contribution is 2.25. The molecule has 0 spiro atoms. The lowest BCUT2D eigenvalue weighted by atomic mass is 9.94. The molecule has 0 saturated heterocycles. The van der Waals surface area contributed by atoms with Gasteiger partial charge in [-0.2, -0.15) is 0 Å². The molecule has 0 nitrogen and oxygen atoms in total. The minimum atomic E-state index is 1.08. The van der Waals surface area contributed by atoms with E-state index < -0.39 is 0 Å². The maximum atomic E-state index is 2.22. The Balaban J connectivity index is 3.25. The van der Waals surface area contributed by atoms with Crippen molar-refractivity contribution in [3.8, 4) is 0 Å². The Morgan fingerprint density at radius 1 is 1.27 bits per heavy atom. The van der Waals surface area contributed by atoms with E-state index in [4.69, 9.17) is 0 Å². The Morgan fingerprint density at radius 3 is 2.47 bits per heavy atom. The number of hydrogen-bond acceptors (Lipinski definition) is 0. The molecule has 0 atom stereocenters. The van der Waals surface area contributed by atoms with Crippen molar-refractivity contribution in [1.82, 2.24) is 0 Å². The number of hydrogen-bond donors (Lipinski definition) is 0. The summed E-state index contributed by atoms with van der Waals surface area (Å²) in [6.07, 6.45) is 5.37. The maximum absolute atomic E-state index is 2.22. The molecule has 0 aromatic heterocycles. The average molecular weight is 200 g/mol. The third-order valence-corrected chi connectivity index (χ3v) is 2.72. The maximum Gasteiger partial charge on any atom is -0.0193 e. The van der Waals surface area contributed by atoms with Gasteiger partial charge in [0.25, 0.3) is 0 Å². The molecule has 1 aromatic carbocycles. The summed E-state index contributed by atoms with van der Waals surface area (Å²) in [5.74, 6) is 0. The number of rotatable bonds is 3. The molecule has 15 heavy (non-hydrogen) atoms. The predicted molar refractivity (Wildman–Crippen MR) is 68.9 cm³/mol. The summed E-state index contributed by atoms with van der Waals surface area (Å²) in [7, 11) is 0. The lowest BCUT2D eigenvalue weighted by molar-refractivity contribution is 1.20. The van der Waals surface area contributed by atoms with E-state index in [9.17, 15) is 0 Å². The molecular weight excluding hydrogens is 180 g/mol. The highest BCUT2D eigenvalue weighted by Gasteiger charge is 2.04. The molecule has 0 N–H and O–H groups in total. The summed E-state index contributed by atoms with van der Waals surface area (Å²) in [6, 6.07) is 8.59. The van der Waals surface area contributed by atoms with Gasteiger partial charge in [0.2, 0.25) is 0 Å². The molecule has 0 saturated carbocycles. The molecule has 0 aliphatic rings. The zero-order valence-corrected chi connectivity index (χ0v) is 10.2. The first kappa shape index (κ1) is 11.8. The zero-order chi connectivity index (χ0) is 11.3. The van der Waals surface area contributed by atoms with Crippen molar-refractivity contribution >= 4 is 5.57 Å². The summed E-state index contributed by atoms with van der Waals surface area (Å²) in [6.45, 7) is 8.64. The fourth-order valence-electron chi connectivity index (χ4n) is 1.94. The van der Waals surface area contributed by atoms with Gasteiger partial charge in [0.15, 0.2) is 0 Å². The Bertz CT molecular complexity index is 381. The van der Waals surface area contributed by atoms with E-state index in [0.29, 0.717) is 0 Å². The molecule has 1 aromatic rings. The largest absolute Gasteiger partial charge is 0.0874 e. The quantitative estimate of drug-likeness (QED) is 0.617. The summed E-state index contributed by atoms with van der Waals surface area (Å²) in [5, 5.41) is 0. The second-order valence-electron chi connectivity index (χ2n) is 3.83. The van der Waals surface area contributed by atoms with Crippen LogP contribution in [0.1, 0.15) is 38.3 Å². The third-order valence-electron chi connectivity index (χ3n) is 2.72. The minimum absolute atomic E-state index is 1.08. The predicted octanol–water partition coefficient (Wildman–Crippen LogP) is 4.75. The van der Waals surface area contributed by atoms with E-state index in [0.717, 1.165) is 6.42 Å². The van der Waals surface area contributed by atoms with Crippen molar-refractivity contribution in [2.75, 3.05) is 0 Å². The molecule has 0 aliphatic heterocycles. The van der Waals surface area contributed by atoms with Crippen LogP contribution in [0, 0.1) is 6.92 Å². The summed E-state index contributed by atoms with van der Waals surface area (Å²) in [5.41, 5.74) is 5.56. The highest BCUT2D eigenvalue weighted by molar-refractivity contribution is 5.72. The normalized spacial score (nSPS) is 13.1. The van der Waals surface area contributed by atoms with Crippen molar-refractivity contribution in [2.45, 2.75) is 34.1 Å². The molecule has 80 valence electrons. The lowest BCUT2D eigenvalue weighted by Crippen LogP contribution is -1.90. The fourth-order valence-corrected chi connectivity index (χ4v) is 1.94. The van der Waals surface area contributed by atoms with Crippen LogP contribution in [0.15, 0.2) is 42.0 Å². The third kappa shape index (κ3) is 2.82. The Hall–Kier alpha value is -1.30. The van der Waals surface area contributed by atoms with Crippen LogP contribution < -0.4 is 0 Å². The van der Waals surface area contributed by atoms with Gasteiger partial charge < -0.3 is 0 Å². The molecule has 0 heterocycles. The number of aryl methyl sites for hydroxylation is 1. The smallest absolute Gasteiger partial charge is 0.0193 e. The Morgan fingerprint density at radius 2 is 1.93 bits per heavy atom. The SMILES string of the molecule is C/C=C\C(C)=C(/CC)c1ccccc1C. The number of benzene rings is 1. The average Bonchev–Trinajstić information content (AvgIpc) is 2.22. The van der Waals surface area contributed by atoms with Gasteiger partial charge in [0.05, 0.1) is 0 Å². The zero-order valence-electron chi connectivity index (χ0n) is 10.2. The van der Waals surface area contributed by atoms with E-state index in [1.165, 1.54) is 22.3 Å². The standard InChI is InChI=1S/C15H20/c1-5-9-12(3)14(6-2)15-11-8-7-10-13(15)4/h5,7-11H,6H2,1-4H3/b9-5-,14-12+. The number of allylic oxidation sites excluding steroid dienone is 4. The Labute approximate surface area is 93.3 Å². The highest BCUT2D eigenvalue weighted by atomic mass is 14.1. The van der Waals surface area contributed by atoms with Crippen molar-refractivity contribution in [2.24, 2.45) is 0 Å². The molecule has 0 unspecified atom stereocenters. The lowest BCUT2D eigenvalue weighted by Gasteiger charge is -2.11. The van der Waals surface area contributed by atoms with Crippen LogP contribution in [-0.2, 0) is 0 Å². The molecule has 0 heteroatoms. The van der Waals surface area contributed by atoms with Crippen LogP contribution in [0.5, 0.6) is 0 Å². The van der Waals surface area contributed by atoms with E-state index in [-0.39, 0.29) is 0 Å². The van der Waals surface area contributed by atoms with Crippen molar-refractivity contribution in [3.05, 3.63) is 53.1 Å². The van der Waals surface area contributed by atoms with Crippen molar-refractivity contribution in [1.29, 1.82) is 0 Å². The van der Waals surface area contributed by atoms with Crippen molar-refractivity contribution < 1.29 is 0 Å². The second-order valence-corrected chi connectivity index (χ2v) is 3.83. The molecule has 0 fully saturated rings. The van der Waals surface area contributed by atoms with Crippen LogP contribution in [0.2, 0.25) is 0 Å². The first-order chi connectivity index (χ1) is 7.20. The van der Waals surface area contributed by atoms with Gasteiger partial charge >= 0.3 is 0 Å². The van der Waals surface area contributed by atoms with Crippen LogP contribution in [-0.4, -0.2) is 0 Å². The van der Waals surface area contributed by atoms with E-state index in [1.54, 1.807) is 0 Å². The van der Waals surface area contributed by atoms with Crippen LogP contribution >= 0.6 is 0 Å². The van der Waals surface area contributed by atoms with Gasteiger partial charge in [0, 0.05) is 0 Å². The van der Waals surface area contributed by atoms with Gasteiger partial charge in [-0.1, -0.05) is 43.3 Å². The van der Waals surface area contributed by atoms with Gasteiger partial charge in [-0.05, 0) is 49.5 Å². The Kier molecular flexibility index (Phi) is 4.36. The molecule has 0 radical (unpaired) electrons. The molecule has 0 amide bonds. The van der Waals surface area contributed by atoms with Gasteiger partial charge in [-0.3, -0.25) is 0 Å². The van der Waals surface area contributed by atoms with E-state index >= 15 is 0 Å². The molecule has 0 bridgehead atoms. The van der Waals surface area contributed by atoms with Crippen LogP contribution in [0.25, 0.3) is 5.57 Å². The minimum Gasteiger partial charge on any atom is -0.0874 e. The summed E-state index contributed by atoms with van der Waals surface area (Å²) >= 11 is 0. The summed E-state index contributed by atoms with van der Waals surface area (Å²) < 4.78 is 0. The van der Waals surface area contributed by atoms with E-state index in [1.807, 2.05) is 0 Å². The first-order valence-electron chi connectivity index (χ1n) is 5.59. The van der Waals surface area contributed by atoms with Crippen LogP contribution in [0.3, 0.4) is 0 Å². The van der Waals surface area contributed by atoms with Gasteiger partial charge in [-0.15, -0.1) is 0 Å². The molecule has 0 aliphatic carbocycles. The first-order valence-corrected chi connectivity index (χ1v) is 5.59. The molecule has 1 rings (SSSR count). The van der Waals surface area contributed by atoms with Crippen LogP contribution in [0.4, 0.5) is 0 Å². The van der Waals surface area contributed by atoms with Crippen molar-refractivity contribution in [3.63, 3.8) is 0 Å².